The van der Waals surface area contributed by atoms with Crippen LogP contribution in [-0.4, -0.2) is 13.1 Å². The van der Waals surface area contributed by atoms with Crippen molar-refractivity contribution >= 4 is 5.97 Å². The lowest BCUT2D eigenvalue weighted by atomic mass is 9.78. The molecule has 19 heavy (non-hydrogen) atoms. The molecule has 0 radical (unpaired) electrons. The number of rotatable bonds is 4. The molecule has 1 fully saturated rings. The van der Waals surface area contributed by atoms with Crippen LogP contribution < -0.4 is 0 Å². The van der Waals surface area contributed by atoms with Gasteiger partial charge in [0.05, 0.1) is 18.6 Å². The first-order chi connectivity index (χ1) is 9.23. The zero-order valence-corrected chi connectivity index (χ0v) is 11.3. The van der Waals surface area contributed by atoms with Crippen molar-refractivity contribution in [3.8, 4) is 6.07 Å². The second-order valence-electron chi connectivity index (χ2n) is 5.25. The van der Waals surface area contributed by atoms with Crippen molar-refractivity contribution in [2.45, 2.75) is 37.5 Å². The van der Waals surface area contributed by atoms with Gasteiger partial charge in [-0.05, 0) is 37.2 Å². The molecule has 100 valence electrons. The maximum Gasteiger partial charge on any atom is 0.316 e. The topological polar surface area (TPSA) is 50.1 Å². The number of benzene rings is 1. The Morgan fingerprint density at radius 1 is 1.47 bits per heavy atom. The van der Waals surface area contributed by atoms with Crippen LogP contribution in [-0.2, 0) is 14.9 Å². The van der Waals surface area contributed by atoms with Crippen LogP contribution >= 0.6 is 0 Å². The third-order valence-corrected chi connectivity index (χ3v) is 4.18. The van der Waals surface area contributed by atoms with Gasteiger partial charge in [0.2, 0.25) is 0 Å². The summed E-state index contributed by atoms with van der Waals surface area (Å²) in [5.74, 6) is 0.303. The van der Waals surface area contributed by atoms with Crippen molar-refractivity contribution in [2.75, 3.05) is 7.11 Å². The van der Waals surface area contributed by atoms with Crippen molar-refractivity contribution in [1.82, 2.24) is 0 Å². The zero-order chi connectivity index (χ0) is 13.7. The highest BCUT2D eigenvalue weighted by atomic mass is 16.5. The minimum Gasteiger partial charge on any atom is -0.468 e. The molecule has 1 aliphatic carbocycles. The van der Waals surface area contributed by atoms with Crippen LogP contribution in [0.2, 0.25) is 0 Å². The molecule has 1 aromatic rings. The first-order valence-electron chi connectivity index (χ1n) is 6.74. The Kier molecular flexibility index (Phi) is 4.21. The summed E-state index contributed by atoms with van der Waals surface area (Å²) in [6.45, 7) is 0. The summed E-state index contributed by atoms with van der Waals surface area (Å²) in [5, 5.41) is 8.69. The molecule has 2 rings (SSSR count). The molecule has 0 bridgehead atoms. The van der Waals surface area contributed by atoms with E-state index in [-0.39, 0.29) is 5.97 Å². The summed E-state index contributed by atoms with van der Waals surface area (Å²) in [4.78, 5) is 12.3. The van der Waals surface area contributed by atoms with E-state index in [1.807, 2.05) is 30.3 Å². The maximum absolute atomic E-state index is 12.3. The molecule has 2 unspecified atom stereocenters. The van der Waals surface area contributed by atoms with Crippen LogP contribution in [0.5, 0.6) is 0 Å². The zero-order valence-electron chi connectivity index (χ0n) is 11.3. The van der Waals surface area contributed by atoms with E-state index in [0.29, 0.717) is 12.3 Å². The van der Waals surface area contributed by atoms with Crippen molar-refractivity contribution in [1.29, 1.82) is 5.26 Å². The van der Waals surface area contributed by atoms with Gasteiger partial charge in [-0.1, -0.05) is 30.3 Å². The second-order valence-corrected chi connectivity index (χ2v) is 5.25. The Bertz CT molecular complexity index is 477. The molecule has 3 heteroatoms. The SMILES string of the molecule is COC(=O)C1(c2ccccc2)CCC(CCC#N)C1. The number of nitrogens with zero attached hydrogens (tertiary/aromatic N) is 1. The lowest BCUT2D eigenvalue weighted by molar-refractivity contribution is -0.147. The minimum absolute atomic E-state index is 0.141. The van der Waals surface area contributed by atoms with Gasteiger partial charge >= 0.3 is 5.97 Å². The molecule has 1 saturated carbocycles. The van der Waals surface area contributed by atoms with Gasteiger partial charge in [0, 0.05) is 6.42 Å². The average molecular weight is 257 g/mol. The monoisotopic (exact) mass is 257 g/mol. The Labute approximate surface area is 114 Å². The highest BCUT2D eigenvalue weighted by molar-refractivity contribution is 5.83. The molecule has 0 aliphatic heterocycles. The van der Waals surface area contributed by atoms with Crippen molar-refractivity contribution in [2.24, 2.45) is 5.92 Å². The molecule has 0 heterocycles. The molecule has 0 amide bonds. The second kappa shape index (κ2) is 5.88. The smallest absolute Gasteiger partial charge is 0.316 e. The highest BCUT2D eigenvalue weighted by Crippen LogP contribution is 2.46. The number of carbonyl (C=O) groups excluding carboxylic acids is 1. The van der Waals surface area contributed by atoms with E-state index >= 15 is 0 Å². The van der Waals surface area contributed by atoms with Crippen LogP contribution in [0.15, 0.2) is 30.3 Å². The molecule has 0 aromatic heterocycles. The predicted molar refractivity (Wildman–Crippen MR) is 72.3 cm³/mol. The van der Waals surface area contributed by atoms with E-state index in [2.05, 4.69) is 6.07 Å². The number of carbonyl (C=O) groups is 1. The largest absolute Gasteiger partial charge is 0.468 e. The predicted octanol–water partition coefficient (Wildman–Crippen LogP) is 3.20. The summed E-state index contributed by atoms with van der Waals surface area (Å²) < 4.78 is 5.04. The summed E-state index contributed by atoms with van der Waals surface area (Å²) in [7, 11) is 1.45. The number of ether oxygens (including phenoxy) is 1. The van der Waals surface area contributed by atoms with Crippen molar-refractivity contribution < 1.29 is 9.53 Å². The minimum atomic E-state index is -0.504. The molecule has 2 atom stereocenters. The Hall–Kier alpha value is -1.82. The molecule has 1 aromatic carbocycles. The fraction of sp³-hybridized carbons (Fsp3) is 0.500. The number of hydrogen-bond acceptors (Lipinski definition) is 3. The molecule has 0 saturated heterocycles. The Morgan fingerprint density at radius 2 is 2.21 bits per heavy atom. The van der Waals surface area contributed by atoms with Gasteiger partial charge in [-0.25, -0.2) is 0 Å². The van der Waals surface area contributed by atoms with Gasteiger partial charge in [-0.15, -0.1) is 0 Å². The van der Waals surface area contributed by atoms with E-state index in [1.54, 1.807) is 0 Å². The molecule has 0 N–H and O–H groups in total. The van der Waals surface area contributed by atoms with E-state index in [9.17, 15) is 4.79 Å². The van der Waals surface area contributed by atoms with Crippen LogP contribution in [0.4, 0.5) is 0 Å². The Morgan fingerprint density at radius 3 is 2.84 bits per heavy atom. The molecular formula is C16H19NO2. The molecule has 0 spiro atoms. The van der Waals surface area contributed by atoms with E-state index in [4.69, 9.17) is 10.00 Å². The fourth-order valence-electron chi connectivity index (χ4n) is 3.18. The standard InChI is InChI=1S/C16H19NO2/c1-19-15(18)16(14-7-3-2-4-8-14)10-9-13(12-16)6-5-11-17/h2-4,7-8,13H,5-6,9-10,12H2,1H3. The average Bonchev–Trinajstić information content (AvgIpc) is 2.90. The maximum atomic E-state index is 12.3. The molecule has 1 aliphatic rings. The van der Waals surface area contributed by atoms with Crippen molar-refractivity contribution in [3.05, 3.63) is 35.9 Å². The summed E-state index contributed by atoms with van der Waals surface area (Å²) in [6, 6.07) is 12.1. The lowest BCUT2D eigenvalue weighted by Gasteiger charge is -2.27. The first kappa shape index (κ1) is 13.6. The van der Waals surface area contributed by atoms with E-state index in [0.717, 1.165) is 31.2 Å². The number of methoxy groups -OCH3 is 1. The Balaban J connectivity index is 2.24. The van der Waals surface area contributed by atoms with Crippen LogP contribution in [0.25, 0.3) is 0 Å². The van der Waals surface area contributed by atoms with Crippen LogP contribution in [0.3, 0.4) is 0 Å². The van der Waals surface area contributed by atoms with E-state index < -0.39 is 5.41 Å². The van der Waals surface area contributed by atoms with Gasteiger partial charge in [0.15, 0.2) is 0 Å². The number of hydrogen-bond donors (Lipinski definition) is 0. The van der Waals surface area contributed by atoms with Gasteiger partial charge in [0.25, 0.3) is 0 Å². The van der Waals surface area contributed by atoms with Gasteiger partial charge in [-0.2, -0.15) is 5.26 Å². The highest BCUT2D eigenvalue weighted by Gasteiger charge is 2.47. The number of esters is 1. The normalized spacial score (nSPS) is 25.8. The number of nitriles is 1. The quantitative estimate of drug-likeness (QED) is 0.778. The fourth-order valence-corrected chi connectivity index (χ4v) is 3.18. The van der Waals surface area contributed by atoms with E-state index in [1.165, 1.54) is 7.11 Å². The summed E-state index contributed by atoms with van der Waals surface area (Å²) >= 11 is 0. The summed E-state index contributed by atoms with van der Waals surface area (Å²) in [5.41, 5.74) is 0.539. The van der Waals surface area contributed by atoms with Gasteiger partial charge in [0.1, 0.15) is 0 Å². The first-order valence-corrected chi connectivity index (χ1v) is 6.74. The molecular weight excluding hydrogens is 238 g/mol. The molecule has 3 nitrogen and oxygen atoms in total. The third-order valence-electron chi connectivity index (χ3n) is 4.18. The van der Waals surface area contributed by atoms with Gasteiger partial charge in [-0.3, -0.25) is 4.79 Å². The lowest BCUT2D eigenvalue weighted by Crippen LogP contribution is -2.34. The summed E-state index contributed by atoms with van der Waals surface area (Å²) in [6.07, 6.45) is 4.05. The van der Waals surface area contributed by atoms with Crippen LogP contribution in [0, 0.1) is 17.2 Å². The van der Waals surface area contributed by atoms with Crippen molar-refractivity contribution in [3.63, 3.8) is 0 Å². The third kappa shape index (κ3) is 2.63. The van der Waals surface area contributed by atoms with Gasteiger partial charge < -0.3 is 4.74 Å². The van der Waals surface area contributed by atoms with Crippen LogP contribution in [0.1, 0.15) is 37.7 Å².